The van der Waals surface area contributed by atoms with E-state index in [-0.39, 0.29) is 18.0 Å². The quantitative estimate of drug-likeness (QED) is 0.823. The number of urea groups is 1. The Morgan fingerprint density at radius 2 is 1.78 bits per heavy atom. The van der Waals surface area contributed by atoms with Crippen LogP contribution in [0.15, 0.2) is 30.3 Å². The summed E-state index contributed by atoms with van der Waals surface area (Å²) in [6.45, 7) is 5.64. The van der Waals surface area contributed by atoms with Crippen LogP contribution >= 0.6 is 0 Å². The van der Waals surface area contributed by atoms with E-state index in [1.807, 2.05) is 35.2 Å². The lowest BCUT2D eigenvalue weighted by Gasteiger charge is -2.41. The molecule has 0 spiro atoms. The van der Waals surface area contributed by atoms with Crippen LogP contribution in [0.1, 0.15) is 51.5 Å². The molecule has 1 saturated carbocycles. The highest BCUT2D eigenvalue weighted by molar-refractivity contribution is 5.84. The van der Waals surface area contributed by atoms with Gasteiger partial charge in [-0.1, -0.05) is 44.2 Å². The van der Waals surface area contributed by atoms with Gasteiger partial charge in [-0.3, -0.25) is 4.79 Å². The van der Waals surface area contributed by atoms with Crippen molar-refractivity contribution in [3.05, 3.63) is 35.9 Å². The molecule has 0 aromatic heterocycles. The third kappa shape index (κ3) is 4.12. The van der Waals surface area contributed by atoms with Gasteiger partial charge >= 0.3 is 12.0 Å². The summed E-state index contributed by atoms with van der Waals surface area (Å²) in [5.74, 6) is 1.05. The molecule has 3 atom stereocenters. The van der Waals surface area contributed by atoms with Crippen molar-refractivity contribution in [2.24, 2.45) is 11.8 Å². The Kier molecular flexibility index (Phi) is 6.08. The number of hydrogen-bond acceptors (Lipinski definition) is 3. The van der Waals surface area contributed by atoms with Gasteiger partial charge in [0.1, 0.15) is 0 Å². The molecule has 2 amide bonds. The summed E-state index contributed by atoms with van der Waals surface area (Å²) in [7, 11) is 1.44. The van der Waals surface area contributed by atoms with E-state index in [2.05, 4.69) is 19.2 Å². The van der Waals surface area contributed by atoms with Crippen molar-refractivity contribution in [2.75, 3.05) is 20.2 Å². The van der Waals surface area contributed by atoms with Crippen LogP contribution in [0, 0.1) is 11.8 Å². The van der Waals surface area contributed by atoms with Gasteiger partial charge < -0.3 is 15.0 Å². The summed E-state index contributed by atoms with van der Waals surface area (Å²) in [5, 5.41) is 3.24. The maximum Gasteiger partial charge on any atom is 0.317 e. The van der Waals surface area contributed by atoms with Gasteiger partial charge in [-0.2, -0.15) is 0 Å². The number of piperidine rings is 1. The van der Waals surface area contributed by atoms with Crippen LogP contribution in [-0.4, -0.2) is 43.1 Å². The molecule has 5 heteroatoms. The van der Waals surface area contributed by atoms with E-state index in [1.54, 1.807) is 0 Å². The van der Waals surface area contributed by atoms with Crippen molar-refractivity contribution in [1.29, 1.82) is 0 Å². The van der Waals surface area contributed by atoms with Crippen molar-refractivity contribution in [1.82, 2.24) is 10.2 Å². The molecule has 1 aliphatic carbocycles. The molecule has 148 valence electrons. The van der Waals surface area contributed by atoms with Gasteiger partial charge in [-0.15, -0.1) is 0 Å². The number of carbonyl (C=O) groups is 2. The highest BCUT2D eigenvalue weighted by Gasteiger charge is 2.45. The molecule has 2 fully saturated rings. The molecular formula is C22H32N2O3. The number of benzene rings is 1. The van der Waals surface area contributed by atoms with Gasteiger partial charge in [0.05, 0.1) is 12.5 Å². The molecule has 1 saturated heterocycles. The molecule has 0 bridgehead atoms. The van der Waals surface area contributed by atoms with Gasteiger partial charge in [0.15, 0.2) is 0 Å². The first kappa shape index (κ1) is 19.7. The lowest BCUT2D eigenvalue weighted by atomic mass is 9.73. The number of nitrogens with zero attached hydrogens (tertiary/aromatic N) is 1. The van der Waals surface area contributed by atoms with Gasteiger partial charge in [0, 0.05) is 19.1 Å². The fourth-order valence-electron chi connectivity index (χ4n) is 4.78. The number of ether oxygens (including phenoxy) is 1. The number of carbonyl (C=O) groups excluding carboxylic acids is 2. The summed E-state index contributed by atoms with van der Waals surface area (Å²) in [6.07, 6.45) is 4.58. The molecule has 5 nitrogen and oxygen atoms in total. The average molecular weight is 373 g/mol. The second kappa shape index (κ2) is 8.32. The van der Waals surface area contributed by atoms with Crippen molar-refractivity contribution in [3.63, 3.8) is 0 Å². The first-order chi connectivity index (χ1) is 13.0. The Bertz CT molecular complexity index is 653. The zero-order chi connectivity index (χ0) is 19.4. The summed E-state index contributed by atoms with van der Waals surface area (Å²) in [6, 6.07) is 10.1. The van der Waals surface area contributed by atoms with E-state index in [0.29, 0.717) is 31.8 Å². The molecule has 27 heavy (non-hydrogen) atoms. The minimum Gasteiger partial charge on any atom is -0.468 e. The number of rotatable bonds is 3. The van der Waals surface area contributed by atoms with Gasteiger partial charge in [0.2, 0.25) is 0 Å². The summed E-state index contributed by atoms with van der Waals surface area (Å²) < 4.78 is 5.13. The van der Waals surface area contributed by atoms with E-state index < -0.39 is 5.41 Å². The monoisotopic (exact) mass is 372 g/mol. The molecule has 1 aliphatic heterocycles. The van der Waals surface area contributed by atoms with Crippen LogP contribution < -0.4 is 5.32 Å². The SMILES string of the molecule is COC(=O)C1(c2ccccc2)CCN(C(=O)NC2CCC(C)CC2C)CC1. The largest absolute Gasteiger partial charge is 0.468 e. The van der Waals surface area contributed by atoms with Crippen molar-refractivity contribution in [3.8, 4) is 0 Å². The maximum absolute atomic E-state index is 12.8. The molecule has 1 aromatic rings. The zero-order valence-electron chi connectivity index (χ0n) is 16.7. The summed E-state index contributed by atoms with van der Waals surface area (Å²) in [5.41, 5.74) is 0.326. The van der Waals surface area contributed by atoms with Crippen LogP contribution in [-0.2, 0) is 14.9 Å². The highest BCUT2D eigenvalue weighted by Crippen LogP contribution is 2.37. The number of methoxy groups -OCH3 is 1. The number of likely N-dealkylation sites (tertiary alicyclic amines) is 1. The maximum atomic E-state index is 12.8. The molecule has 2 aliphatic rings. The van der Waals surface area contributed by atoms with Crippen LogP contribution in [0.3, 0.4) is 0 Å². The van der Waals surface area contributed by atoms with E-state index in [9.17, 15) is 9.59 Å². The Labute approximate surface area is 162 Å². The second-order valence-electron chi connectivity index (χ2n) is 8.38. The molecule has 0 radical (unpaired) electrons. The first-order valence-electron chi connectivity index (χ1n) is 10.2. The van der Waals surface area contributed by atoms with Crippen molar-refractivity contribution in [2.45, 2.75) is 57.4 Å². The lowest BCUT2D eigenvalue weighted by Crippen LogP contribution is -2.54. The highest BCUT2D eigenvalue weighted by atomic mass is 16.5. The Morgan fingerprint density at radius 3 is 2.37 bits per heavy atom. The molecular weight excluding hydrogens is 340 g/mol. The molecule has 1 aromatic carbocycles. The molecule has 1 N–H and O–H groups in total. The fraction of sp³-hybridized carbons (Fsp3) is 0.636. The number of esters is 1. The molecule has 3 unspecified atom stereocenters. The third-order valence-corrected chi connectivity index (χ3v) is 6.55. The predicted octanol–water partition coefficient (Wildman–Crippen LogP) is 3.73. The van der Waals surface area contributed by atoms with Crippen LogP contribution in [0.4, 0.5) is 4.79 Å². The van der Waals surface area contributed by atoms with E-state index in [0.717, 1.165) is 17.9 Å². The molecule has 1 heterocycles. The minimum absolute atomic E-state index is 0.00734. The first-order valence-corrected chi connectivity index (χ1v) is 10.2. The smallest absolute Gasteiger partial charge is 0.317 e. The Hall–Kier alpha value is -2.04. The normalized spacial score (nSPS) is 27.7. The van der Waals surface area contributed by atoms with E-state index in [1.165, 1.54) is 20.0 Å². The number of nitrogens with one attached hydrogen (secondary N) is 1. The fourth-order valence-corrected chi connectivity index (χ4v) is 4.78. The number of hydrogen-bond donors (Lipinski definition) is 1. The minimum atomic E-state index is -0.652. The zero-order valence-corrected chi connectivity index (χ0v) is 16.7. The van der Waals surface area contributed by atoms with Gasteiger partial charge in [-0.05, 0) is 49.5 Å². The Morgan fingerprint density at radius 1 is 1.11 bits per heavy atom. The van der Waals surface area contributed by atoms with Gasteiger partial charge in [0.25, 0.3) is 0 Å². The number of amides is 2. The van der Waals surface area contributed by atoms with Gasteiger partial charge in [-0.25, -0.2) is 4.79 Å². The topological polar surface area (TPSA) is 58.6 Å². The second-order valence-corrected chi connectivity index (χ2v) is 8.38. The van der Waals surface area contributed by atoms with Crippen molar-refractivity contribution < 1.29 is 14.3 Å². The van der Waals surface area contributed by atoms with Crippen molar-refractivity contribution >= 4 is 12.0 Å². The standard InChI is InChI=1S/C22H32N2O3/c1-16-9-10-19(17(2)15-16)23-21(26)24-13-11-22(12-14-24,20(25)27-3)18-7-5-4-6-8-18/h4-8,16-17,19H,9-15H2,1-3H3,(H,23,26). The van der Waals surface area contributed by atoms with Crippen LogP contribution in [0.2, 0.25) is 0 Å². The Balaban J connectivity index is 1.64. The van der Waals surface area contributed by atoms with E-state index in [4.69, 9.17) is 4.74 Å². The lowest BCUT2D eigenvalue weighted by molar-refractivity contribution is -0.149. The summed E-state index contributed by atoms with van der Waals surface area (Å²) in [4.78, 5) is 27.3. The predicted molar refractivity (Wildman–Crippen MR) is 105 cm³/mol. The average Bonchev–Trinajstić information content (AvgIpc) is 2.70. The molecule has 3 rings (SSSR count). The van der Waals surface area contributed by atoms with Crippen LogP contribution in [0.5, 0.6) is 0 Å². The third-order valence-electron chi connectivity index (χ3n) is 6.55. The van der Waals surface area contributed by atoms with Crippen LogP contribution in [0.25, 0.3) is 0 Å². The van der Waals surface area contributed by atoms with E-state index >= 15 is 0 Å². The summed E-state index contributed by atoms with van der Waals surface area (Å²) >= 11 is 0.